The van der Waals surface area contributed by atoms with Crippen molar-refractivity contribution in [2.75, 3.05) is 12.4 Å². The van der Waals surface area contributed by atoms with Gasteiger partial charge in [0.15, 0.2) is 0 Å². The Labute approximate surface area is 196 Å². The second-order valence-electron chi connectivity index (χ2n) is 8.60. The molecule has 0 saturated heterocycles. The van der Waals surface area contributed by atoms with Gasteiger partial charge in [0.2, 0.25) is 5.91 Å². The third-order valence-electron chi connectivity index (χ3n) is 5.00. The maximum atomic E-state index is 13.5. The number of nitrogens with zero attached hydrogens (tertiary/aromatic N) is 3. The molecule has 0 aliphatic rings. The first-order valence-corrected chi connectivity index (χ1v) is 11.4. The Morgan fingerprint density at radius 2 is 1.94 bits per heavy atom. The molecule has 4 aromatic rings. The molecule has 6 nitrogen and oxygen atoms in total. The first-order chi connectivity index (χ1) is 15.7. The van der Waals surface area contributed by atoms with Crippen LogP contribution in [0.15, 0.2) is 60.1 Å². The average Bonchev–Trinajstić information content (AvgIpc) is 3.41. The fraction of sp³-hybridized carbons (Fsp3) is 0.240. The molecule has 2 aromatic carbocycles. The lowest BCUT2D eigenvalue weighted by Gasteiger charge is -2.23. The molecule has 2 aromatic heterocycles. The van der Waals surface area contributed by atoms with Crippen molar-refractivity contribution in [1.29, 1.82) is 0 Å². The van der Waals surface area contributed by atoms with Gasteiger partial charge in [-0.15, -0.1) is 11.3 Å². The number of carbonyl (C=O) groups excluding carboxylic acids is 1. The van der Waals surface area contributed by atoms with Gasteiger partial charge in [-0.25, -0.2) is 9.37 Å². The van der Waals surface area contributed by atoms with Crippen LogP contribution in [-0.4, -0.2) is 27.8 Å². The van der Waals surface area contributed by atoms with E-state index in [1.807, 2.05) is 28.3 Å². The number of thiazole rings is 1. The van der Waals surface area contributed by atoms with Crippen molar-refractivity contribution in [3.05, 3.63) is 71.6 Å². The monoisotopic (exact) mass is 464 g/mol. The van der Waals surface area contributed by atoms with Crippen LogP contribution >= 0.6 is 11.3 Å². The van der Waals surface area contributed by atoms with Gasteiger partial charge >= 0.3 is 0 Å². The Kier molecular flexibility index (Phi) is 6.29. The molecule has 0 atom stereocenters. The number of rotatable bonds is 6. The van der Waals surface area contributed by atoms with E-state index in [2.05, 4.69) is 31.2 Å². The summed E-state index contributed by atoms with van der Waals surface area (Å²) < 4.78 is 20.7. The summed E-state index contributed by atoms with van der Waals surface area (Å²) in [5, 5.41) is 10.1. The zero-order chi connectivity index (χ0) is 23.6. The summed E-state index contributed by atoms with van der Waals surface area (Å²) in [6, 6.07) is 13.6. The van der Waals surface area contributed by atoms with Gasteiger partial charge in [-0.1, -0.05) is 6.07 Å². The van der Waals surface area contributed by atoms with Crippen LogP contribution in [0.2, 0.25) is 0 Å². The molecule has 170 valence electrons. The average molecular weight is 465 g/mol. The molecule has 2 heterocycles. The number of methoxy groups -OCH3 is 1. The number of benzene rings is 2. The van der Waals surface area contributed by atoms with Gasteiger partial charge in [-0.2, -0.15) is 5.10 Å². The molecule has 0 aliphatic carbocycles. The van der Waals surface area contributed by atoms with Crippen molar-refractivity contribution in [2.45, 2.75) is 32.7 Å². The van der Waals surface area contributed by atoms with Crippen LogP contribution in [0.5, 0.6) is 5.75 Å². The molecule has 1 amide bonds. The van der Waals surface area contributed by atoms with Crippen LogP contribution in [0.25, 0.3) is 21.8 Å². The van der Waals surface area contributed by atoms with Crippen LogP contribution in [0.4, 0.5) is 10.1 Å². The van der Waals surface area contributed by atoms with Gasteiger partial charge in [0.25, 0.3) is 0 Å². The number of nitrogens with one attached hydrogen (secondary N) is 1. The van der Waals surface area contributed by atoms with Crippen LogP contribution in [-0.2, 0) is 16.8 Å². The zero-order valence-electron chi connectivity index (χ0n) is 18.9. The van der Waals surface area contributed by atoms with E-state index in [4.69, 9.17) is 9.72 Å². The van der Waals surface area contributed by atoms with Crippen molar-refractivity contribution >= 4 is 22.9 Å². The first kappa shape index (κ1) is 22.7. The molecule has 4 rings (SSSR count). The highest BCUT2D eigenvalue weighted by Crippen LogP contribution is 2.36. The second-order valence-corrected chi connectivity index (χ2v) is 9.46. The molecule has 8 heteroatoms. The van der Waals surface area contributed by atoms with E-state index in [0.29, 0.717) is 17.1 Å². The zero-order valence-corrected chi connectivity index (χ0v) is 19.7. The molecule has 0 aliphatic heterocycles. The van der Waals surface area contributed by atoms with Crippen LogP contribution in [0, 0.1) is 5.82 Å². The highest BCUT2D eigenvalue weighted by molar-refractivity contribution is 7.13. The van der Waals surface area contributed by atoms with E-state index in [-0.39, 0.29) is 23.7 Å². The lowest BCUT2D eigenvalue weighted by molar-refractivity contribution is -0.115. The second kappa shape index (κ2) is 9.15. The number of aromatic nitrogens is 3. The Morgan fingerprint density at radius 1 is 1.18 bits per heavy atom. The minimum atomic E-state index is -0.291. The smallest absolute Gasteiger partial charge is 0.230 e. The lowest BCUT2D eigenvalue weighted by Crippen LogP contribution is -2.24. The molecule has 1 N–H and O–H groups in total. The minimum absolute atomic E-state index is 0.146. The summed E-state index contributed by atoms with van der Waals surface area (Å²) in [6.45, 7) is 6.19. The fourth-order valence-electron chi connectivity index (χ4n) is 3.48. The SMILES string of the molecule is COc1cccc(NC(=O)Cc2csc(-c3cnn(C(C)(C)C)c3-c3ccc(F)cc3)n2)c1. The highest BCUT2D eigenvalue weighted by atomic mass is 32.1. The molecular weight excluding hydrogens is 439 g/mol. The van der Waals surface area contributed by atoms with E-state index < -0.39 is 0 Å². The quantitative estimate of drug-likeness (QED) is 0.394. The predicted octanol–water partition coefficient (Wildman–Crippen LogP) is 5.76. The molecular formula is C25H25FN4O2S. The van der Waals surface area contributed by atoms with Gasteiger partial charge in [-0.3, -0.25) is 9.48 Å². The van der Waals surface area contributed by atoms with E-state index in [9.17, 15) is 9.18 Å². The summed E-state index contributed by atoms with van der Waals surface area (Å²) in [6.07, 6.45) is 1.93. The summed E-state index contributed by atoms with van der Waals surface area (Å²) >= 11 is 1.45. The van der Waals surface area contributed by atoms with Gasteiger partial charge < -0.3 is 10.1 Å². The van der Waals surface area contributed by atoms with E-state index in [1.165, 1.54) is 23.5 Å². The number of anilines is 1. The Hall–Kier alpha value is -3.52. The van der Waals surface area contributed by atoms with Crippen molar-refractivity contribution in [1.82, 2.24) is 14.8 Å². The third-order valence-corrected chi connectivity index (χ3v) is 5.92. The molecule has 33 heavy (non-hydrogen) atoms. The van der Waals surface area contributed by atoms with Crippen LogP contribution in [0.3, 0.4) is 0 Å². The summed E-state index contributed by atoms with van der Waals surface area (Å²) in [4.78, 5) is 17.2. The number of amides is 1. The Bertz CT molecular complexity index is 1270. The molecule has 0 unspecified atom stereocenters. The van der Waals surface area contributed by atoms with Gasteiger partial charge in [0, 0.05) is 22.7 Å². The van der Waals surface area contributed by atoms with Gasteiger partial charge in [0.05, 0.1) is 42.2 Å². The van der Waals surface area contributed by atoms with Crippen molar-refractivity contribution in [3.8, 4) is 27.6 Å². The van der Waals surface area contributed by atoms with Crippen molar-refractivity contribution in [2.24, 2.45) is 0 Å². The Balaban J connectivity index is 1.60. The molecule has 0 bridgehead atoms. The molecule has 0 spiro atoms. The van der Waals surface area contributed by atoms with E-state index in [0.717, 1.165) is 21.8 Å². The number of carbonyl (C=O) groups is 1. The van der Waals surface area contributed by atoms with E-state index in [1.54, 1.807) is 31.5 Å². The van der Waals surface area contributed by atoms with Crippen molar-refractivity contribution in [3.63, 3.8) is 0 Å². The highest BCUT2D eigenvalue weighted by Gasteiger charge is 2.24. The predicted molar refractivity (Wildman–Crippen MR) is 129 cm³/mol. The van der Waals surface area contributed by atoms with Gasteiger partial charge in [-0.05, 0) is 57.2 Å². The van der Waals surface area contributed by atoms with Crippen LogP contribution in [0.1, 0.15) is 26.5 Å². The summed E-state index contributed by atoms with van der Waals surface area (Å²) in [7, 11) is 1.58. The van der Waals surface area contributed by atoms with Crippen LogP contribution < -0.4 is 10.1 Å². The number of hydrogen-bond donors (Lipinski definition) is 1. The first-order valence-electron chi connectivity index (χ1n) is 10.5. The molecule has 0 fully saturated rings. The maximum Gasteiger partial charge on any atom is 0.230 e. The fourth-order valence-corrected chi connectivity index (χ4v) is 4.31. The standard InChI is InChI=1S/C25H25FN4O2S/c1-25(2,3)30-23(16-8-10-17(26)11-9-16)21(14-27-30)24-29-19(15-33-24)13-22(31)28-18-6-5-7-20(12-18)32-4/h5-12,14-15H,13H2,1-4H3,(H,28,31). The van der Waals surface area contributed by atoms with Gasteiger partial charge in [0.1, 0.15) is 16.6 Å². The van der Waals surface area contributed by atoms with E-state index >= 15 is 0 Å². The normalized spacial score (nSPS) is 11.4. The molecule has 0 saturated carbocycles. The number of halogens is 1. The largest absolute Gasteiger partial charge is 0.497 e. The number of hydrogen-bond acceptors (Lipinski definition) is 5. The van der Waals surface area contributed by atoms with Crippen molar-refractivity contribution < 1.29 is 13.9 Å². The summed E-state index contributed by atoms with van der Waals surface area (Å²) in [5.74, 6) is 0.220. The molecule has 0 radical (unpaired) electrons. The topological polar surface area (TPSA) is 69.0 Å². The lowest BCUT2D eigenvalue weighted by atomic mass is 10.0. The Morgan fingerprint density at radius 3 is 2.64 bits per heavy atom. The minimum Gasteiger partial charge on any atom is -0.497 e. The maximum absolute atomic E-state index is 13.5. The number of ether oxygens (including phenoxy) is 1. The third kappa shape index (κ3) is 5.12. The summed E-state index contributed by atoms with van der Waals surface area (Å²) in [5.41, 5.74) is 3.62.